The number of alkyl carbamates (subject to hydrolysis) is 1. The van der Waals surface area contributed by atoms with Crippen LogP contribution in [0.1, 0.15) is 37.9 Å². The summed E-state index contributed by atoms with van der Waals surface area (Å²) in [6.07, 6.45) is 2.21. The summed E-state index contributed by atoms with van der Waals surface area (Å²) in [6.45, 7) is 6.94. The molecule has 3 aromatic carbocycles. The van der Waals surface area contributed by atoms with E-state index in [4.69, 9.17) is 9.47 Å². The highest BCUT2D eigenvalue weighted by Crippen LogP contribution is 2.39. The molecule has 232 valence electrons. The summed E-state index contributed by atoms with van der Waals surface area (Å²) in [5.74, 6) is -0.711. The van der Waals surface area contributed by atoms with Crippen LogP contribution in [0.15, 0.2) is 96.2 Å². The number of carboxylic acid groups (broad SMARTS) is 1. The SMILES string of the molecule is COc1ccccc1-c1cn(S(=O)(=O)c2ccc(C)cc2)c2ncc(-c3cccc(C(NC(=O)OC(C)(C)C)C(=O)O)c3)cc12. The molecule has 0 radical (unpaired) electrons. The highest BCUT2D eigenvalue weighted by Gasteiger charge is 2.27. The maximum absolute atomic E-state index is 13.9. The Labute approximate surface area is 261 Å². The highest BCUT2D eigenvalue weighted by atomic mass is 32.2. The van der Waals surface area contributed by atoms with E-state index in [9.17, 15) is 23.1 Å². The summed E-state index contributed by atoms with van der Waals surface area (Å²) in [4.78, 5) is 29.3. The van der Waals surface area contributed by atoms with E-state index in [-0.39, 0.29) is 10.5 Å². The fourth-order valence-corrected chi connectivity index (χ4v) is 6.26. The molecule has 2 aromatic heterocycles. The Morgan fingerprint density at radius 1 is 0.933 bits per heavy atom. The summed E-state index contributed by atoms with van der Waals surface area (Å²) in [6, 6.07) is 21.0. The first-order valence-electron chi connectivity index (χ1n) is 14.1. The number of amides is 1. The predicted octanol–water partition coefficient (Wildman–Crippen LogP) is 6.57. The number of carboxylic acids is 1. The van der Waals surface area contributed by atoms with Crippen molar-refractivity contribution in [1.82, 2.24) is 14.3 Å². The minimum absolute atomic E-state index is 0.118. The van der Waals surface area contributed by atoms with Crippen LogP contribution >= 0.6 is 0 Å². The monoisotopic (exact) mass is 627 g/mol. The predicted molar refractivity (Wildman–Crippen MR) is 171 cm³/mol. The van der Waals surface area contributed by atoms with Gasteiger partial charge in [-0.15, -0.1) is 0 Å². The number of pyridine rings is 1. The van der Waals surface area contributed by atoms with Gasteiger partial charge in [0.05, 0.1) is 12.0 Å². The number of ether oxygens (including phenoxy) is 2. The molecule has 0 aliphatic heterocycles. The number of fused-ring (bicyclic) bond motifs is 1. The van der Waals surface area contributed by atoms with E-state index >= 15 is 0 Å². The minimum atomic E-state index is -4.02. The van der Waals surface area contributed by atoms with Crippen molar-refractivity contribution in [2.75, 3.05) is 7.11 Å². The molecule has 5 aromatic rings. The van der Waals surface area contributed by atoms with Crippen LogP contribution in [0.2, 0.25) is 0 Å². The Bertz CT molecular complexity index is 2010. The molecule has 2 N–H and O–H groups in total. The summed E-state index contributed by atoms with van der Waals surface area (Å²) < 4.78 is 39.8. The van der Waals surface area contributed by atoms with Crippen molar-refractivity contribution >= 4 is 33.1 Å². The van der Waals surface area contributed by atoms with Crippen LogP contribution in [0.25, 0.3) is 33.3 Å². The van der Waals surface area contributed by atoms with Crippen molar-refractivity contribution < 1.29 is 32.6 Å². The molecule has 10 nitrogen and oxygen atoms in total. The Morgan fingerprint density at radius 3 is 2.31 bits per heavy atom. The van der Waals surface area contributed by atoms with Gasteiger partial charge >= 0.3 is 12.1 Å². The summed E-state index contributed by atoms with van der Waals surface area (Å²) >= 11 is 0. The van der Waals surface area contributed by atoms with Crippen molar-refractivity contribution in [2.24, 2.45) is 0 Å². The zero-order valence-corrected chi connectivity index (χ0v) is 26.3. The molecular formula is C34H33N3O7S. The number of hydrogen-bond donors (Lipinski definition) is 2. The lowest BCUT2D eigenvalue weighted by Crippen LogP contribution is -2.38. The van der Waals surface area contributed by atoms with Crippen LogP contribution in [0.5, 0.6) is 5.75 Å². The van der Waals surface area contributed by atoms with Gasteiger partial charge < -0.3 is 19.9 Å². The second-order valence-corrected chi connectivity index (χ2v) is 13.3. The zero-order chi connectivity index (χ0) is 32.5. The largest absolute Gasteiger partial charge is 0.496 e. The van der Waals surface area contributed by atoms with E-state index in [1.54, 1.807) is 88.5 Å². The molecule has 0 fully saturated rings. The lowest BCUT2D eigenvalue weighted by Gasteiger charge is -2.22. The molecule has 11 heteroatoms. The second kappa shape index (κ2) is 12.1. The Balaban J connectivity index is 1.65. The van der Waals surface area contributed by atoms with Crippen LogP contribution in [0, 0.1) is 6.92 Å². The highest BCUT2D eigenvalue weighted by molar-refractivity contribution is 7.90. The first kappa shape index (κ1) is 31.3. The standard InChI is InChI=1S/C34H33N3O7S/c1-21-13-15-25(16-14-21)45(41,42)37-20-28(26-11-6-7-12-29(26)43-5)27-18-24(19-35-31(27)37)22-9-8-10-23(17-22)30(32(38)39)36-33(40)44-34(2,3)4/h6-20,30H,1-5H3,(H,36,40)(H,38,39). The van der Waals surface area contributed by atoms with Gasteiger partial charge in [0.15, 0.2) is 11.7 Å². The van der Waals surface area contributed by atoms with Crippen molar-refractivity contribution in [3.63, 3.8) is 0 Å². The maximum atomic E-state index is 13.9. The van der Waals surface area contributed by atoms with Gasteiger partial charge in [-0.1, -0.05) is 54.1 Å². The first-order chi connectivity index (χ1) is 21.3. The van der Waals surface area contributed by atoms with E-state index in [0.29, 0.717) is 39.0 Å². The molecule has 0 saturated carbocycles. The minimum Gasteiger partial charge on any atom is -0.496 e. The lowest BCUT2D eigenvalue weighted by molar-refractivity contribution is -0.139. The van der Waals surface area contributed by atoms with Gasteiger partial charge in [-0.25, -0.2) is 27.0 Å². The Hall–Kier alpha value is -5.16. The summed E-state index contributed by atoms with van der Waals surface area (Å²) in [5, 5.41) is 12.9. The van der Waals surface area contributed by atoms with Crippen molar-refractivity contribution in [2.45, 2.75) is 44.2 Å². The molecular weight excluding hydrogens is 594 g/mol. The number of aryl methyl sites for hydroxylation is 1. The molecule has 1 unspecified atom stereocenters. The van der Waals surface area contributed by atoms with Crippen LogP contribution in [0.4, 0.5) is 4.79 Å². The average molecular weight is 628 g/mol. The van der Waals surface area contributed by atoms with E-state index in [0.717, 1.165) is 5.56 Å². The van der Waals surface area contributed by atoms with Gasteiger partial charge in [-0.05, 0) is 69.2 Å². The molecule has 1 atom stereocenters. The number of rotatable bonds is 8. The topological polar surface area (TPSA) is 137 Å². The Kier molecular flexibility index (Phi) is 8.40. The van der Waals surface area contributed by atoms with E-state index in [1.165, 1.54) is 16.4 Å². The molecule has 0 saturated heterocycles. The molecule has 1 amide bonds. The number of para-hydroxylation sites is 1. The van der Waals surface area contributed by atoms with Crippen LogP contribution in [0.3, 0.4) is 0 Å². The second-order valence-electron chi connectivity index (χ2n) is 11.5. The fraction of sp³-hybridized carbons (Fsp3) is 0.206. The van der Waals surface area contributed by atoms with Crippen LogP contribution < -0.4 is 10.1 Å². The maximum Gasteiger partial charge on any atom is 0.408 e. The lowest BCUT2D eigenvalue weighted by atomic mass is 9.98. The third kappa shape index (κ3) is 6.53. The fourth-order valence-electron chi connectivity index (χ4n) is 4.94. The van der Waals surface area contributed by atoms with E-state index in [2.05, 4.69) is 10.3 Å². The number of benzene rings is 3. The van der Waals surface area contributed by atoms with Gasteiger partial charge in [0.2, 0.25) is 0 Å². The smallest absolute Gasteiger partial charge is 0.408 e. The average Bonchev–Trinajstić information content (AvgIpc) is 3.39. The number of methoxy groups -OCH3 is 1. The molecule has 0 aliphatic carbocycles. The van der Waals surface area contributed by atoms with E-state index < -0.39 is 33.7 Å². The normalized spacial score (nSPS) is 12.5. The number of nitrogens with zero attached hydrogens (tertiary/aromatic N) is 2. The van der Waals surface area contributed by atoms with Crippen molar-refractivity contribution in [3.05, 3.63) is 102 Å². The molecule has 0 aliphatic rings. The third-order valence-electron chi connectivity index (χ3n) is 7.05. The van der Waals surface area contributed by atoms with Gasteiger partial charge in [0.25, 0.3) is 10.0 Å². The number of carbonyl (C=O) groups is 2. The number of aromatic nitrogens is 2. The summed E-state index contributed by atoms with van der Waals surface area (Å²) in [5.41, 5.74) is 3.12. The van der Waals surface area contributed by atoms with Crippen LogP contribution in [-0.4, -0.2) is 47.3 Å². The molecule has 5 rings (SSSR count). The molecule has 0 bridgehead atoms. The molecule has 2 heterocycles. The summed E-state index contributed by atoms with van der Waals surface area (Å²) in [7, 11) is -2.48. The van der Waals surface area contributed by atoms with Crippen LogP contribution in [-0.2, 0) is 19.6 Å². The van der Waals surface area contributed by atoms with Crippen molar-refractivity contribution in [1.29, 1.82) is 0 Å². The van der Waals surface area contributed by atoms with E-state index in [1.807, 2.05) is 25.1 Å². The molecule has 0 spiro atoms. The first-order valence-corrected chi connectivity index (χ1v) is 15.5. The molecule has 45 heavy (non-hydrogen) atoms. The number of aliphatic carboxylic acids is 1. The van der Waals surface area contributed by atoms with Gasteiger partial charge in [0.1, 0.15) is 11.4 Å². The number of nitrogens with one attached hydrogen (secondary N) is 1. The Morgan fingerprint density at radius 2 is 1.64 bits per heavy atom. The quantitative estimate of drug-likeness (QED) is 0.197. The number of hydrogen-bond acceptors (Lipinski definition) is 7. The van der Waals surface area contributed by atoms with Gasteiger partial charge in [0, 0.05) is 34.5 Å². The van der Waals surface area contributed by atoms with Gasteiger partial charge in [-0.2, -0.15) is 0 Å². The third-order valence-corrected chi connectivity index (χ3v) is 8.71. The zero-order valence-electron chi connectivity index (χ0n) is 25.4. The number of carbonyl (C=O) groups excluding carboxylic acids is 1. The van der Waals surface area contributed by atoms with Crippen molar-refractivity contribution in [3.8, 4) is 28.0 Å². The van der Waals surface area contributed by atoms with Gasteiger partial charge in [-0.3, -0.25) is 0 Å².